The first kappa shape index (κ1) is 12.3. The minimum atomic E-state index is 0.284. The molecule has 3 aromatic rings. The summed E-state index contributed by atoms with van der Waals surface area (Å²) < 4.78 is 16.0. The van der Waals surface area contributed by atoms with E-state index >= 15 is 0 Å². The molecule has 0 unspecified atom stereocenters. The highest BCUT2D eigenvalue weighted by molar-refractivity contribution is 7.14. The third kappa shape index (κ3) is 2.45. The van der Waals surface area contributed by atoms with Crippen molar-refractivity contribution in [1.82, 2.24) is 4.98 Å². The van der Waals surface area contributed by atoms with Crippen LogP contribution in [0.4, 0.5) is 5.13 Å². The molecule has 4 rings (SSSR count). The second kappa shape index (κ2) is 5.14. The number of fused-ring (bicyclic) bond motifs is 1. The van der Waals surface area contributed by atoms with Gasteiger partial charge >= 0.3 is 0 Å². The molecule has 5 nitrogen and oxygen atoms in total. The number of anilines is 1. The molecule has 0 fully saturated rings. The third-order valence-corrected chi connectivity index (χ3v) is 3.97. The highest BCUT2D eigenvalue weighted by Gasteiger charge is 2.15. The van der Waals surface area contributed by atoms with Crippen LogP contribution in [0.2, 0.25) is 0 Å². The monoisotopic (exact) mass is 300 g/mol. The summed E-state index contributed by atoms with van der Waals surface area (Å²) in [6.07, 6.45) is 1.66. The van der Waals surface area contributed by atoms with Crippen molar-refractivity contribution in [2.24, 2.45) is 0 Å². The molecule has 1 aromatic carbocycles. The second-order valence-electron chi connectivity index (χ2n) is 4.54. The fraction of sp³-hybridized carbons (Fsp3) is 0.133. The van der Waals surface area contributed by atoms with Crippen LogP contribution in [-0.4, -0.2) is 11.8 Å². The van der Waals surface area contributed by atoms with Gasteiger partial charge in [-0.2, -0.15) is 0 Å². The number of nitrogens with zero attached hydrogens (tertiary/aromatic N) is 1. The van der Waals surface area contributed by atoms with Gasteiger partial charge in [-0.15, -0.1) is 11.3 Å². The molecule has 0 spiro atoms. The zero-order valence-corrected chi connectivity index (χ0v) is 11.9. The molecular formula is C15H12N2O3S. The van der Waals surface area contributed by atoms with Crippen LogP contribution in [-0.2, 0) is 6.54 Å². The Hall–Kier alpha value is -2.47. The van der Waals surface area contributed by atoms with Crippen molar-refractivity contribution in [2.45, 2.75) is 6.54 Å². The fourth-order valence-electron chi connectivity index (χ4n) is 2.12. The van der Waals surface area contributed by atoms with E-state index in [0.29, 0.717) is 6.54 Å². The first-order valence-electron chi connectivity index (χ1n) is 6.50. The molecule has 0 saturated carbocycles. The summed E-state index contributed by atoms with van der Waals surface area (Å²) in [5, 5.41) is 6.12. The van der Waals surface area contributed by atoms with Gasteiger partial charge in [-0.1, -0.05) is 0 Å². The van der Waals surface area contributed by atoms with E-state index in [1.54, 1.807) is 17.6 Å². The van der Waals surface area contributed by atoms with Crippen LogP contribution in [0.1, 0.15) is 5.76 Å². The topological polar surface area (TPSA) is 56.5 Å². The van der Waals surface area contributed by atoms with Crippen LogP contribution >= 0.6 is 11.3 Å². The standard InChI is InChI=1S/C15H12N2O3S/c1-2-11(18-5-1)7-16-15-17-12(8-21-15)10-3-4-13-14(6-10)20-9-19-13/h1-6,8H,7,9H2,(H,16,17). The Morgan fingerprint density at radius 2 is 2.14 bits per heavy atom. The van der Waals surface area contributed by atoms with Gasteiger partial charge in [0, 0.05) is 10.9 Å². The van der Waals surface area contributed by atoms with Crippen LogP contribution in [0.25, 0.3) is 11.3 Å². The number of nitrogens with one attached hydrogen (secondary N) is 1. The molecule has 1 aliphatic heterocycles. The van der Waals surface area contributed by atoms with E-state index in [-0.39, 0.29) is 6.79 Å². The van der Waals surface area contributed by atoms with Gasteiger partial charge in [0.2, 0.25) is 6.79 Å². The highest BCUT2D eigenvalue weighted by atomic mass is 32.1. The third-order valence-electron chi connectivity index (χ3n) is 3.17. The number of rotatable bonds is 4. The van der Waals surface area contributed by atoms with Gasteiger partial charge in [-0.3, -0.25) is 0 Å². The molecule has 0 saturated heterocycles. The molecule has 0 atom stereocenters. The van der Waals surface area contributed by atoms with Crippen LogP contribution in [0, 0.1) is 0 Å². The van der Waals surface area contributed by atoms with Crippen molar-refractivity contribution in [3.63, 3.8) is 0 Å². The van der Waals surface area contributed by atoms with Crippen LogP contribution < -0.4 is 14.8 Å². The Bertz CT molecular complexity index is 752. The molecule has 0 amide bonds. The molecule has 1 N–H and O–H groups in total. The maximum atomic E-state index is 5.39. The van der Waals surface area contributed by atoms with Crippen molar-refractivity contribution in [2.75, 3.05) is 12.1 Å². The molecule has 3 heterocycles. The van der Waals surface area contributed by atoms with Gasteiger partial charge in [0.1, 0.15) is 5.76 Å². The molecule has 21 heavy (non-hydrogen) atoms. The molecule has 0 radical (unpaired) electrons. The molecule has 0 bridgehead atoms. The number of hydrogen-bond donors (Lipinski definition) is 1. The van der Waals surface area contributed by atoms with Gasteiger partial charge in [-0.05, 0) is 30.3 Å². The Labute approximate surface area is 125 Å². The van der Waals surface area contributed by atoms with Crippen molar-refractivity contribution < 1.29 is 13.9 Å². The molecule has 6 heteroatoms. The van der Waals surface area contributed by atoms with Crippen molar-refractivity contribution in [1.29, 1.82) is 0 Å². The van der Waals surface area contributed by atoms with Gasteiger partial charge in [0.25, 0.3) is 0 Å². The predicted molar refractivity (Wildman–Crippen MR) is 79.7 cm³/mol. The molecule has 0 aliphatic carbocycles. The van der Waals surface area contributed by atoms with E-state index in [1.165, 1.54) is 0 Å². The maximum Gasteiger partial charge on any atom is 0.231 e. The zero-order valence-electron chi connectivity index (χ0n) is 11.0. The highest BCUT2D eigenvalue weighted by Crippen LogP contribution is 2.36. The second-order valence-corrected chi connectivity index (χ2v) is 5.40. The summed E-state index contributed by atoms with van der Waals surface area (Å²) in [6, 6.07) is 9.65. The van der Waals surface area contributed by atoms with E-state index in [0.717, 1.165) is 33.6 Å². The lowest BCUT2D eigenvalue weighted by Crippen LogP contribution is -1.97. The number of benzene rings is 1. The Morgan fingerprint density at radius 3 is 3.05 bits per heavy atom. The number of aromatic nitrogens is 1. The summed E-state index contributed by atoms with van der Waals surface area (Å²) >= 11 is 1.56. The zero-order chi connectivity index (χ0) is 14.1. The van der Waals surface area contributed by atoms with E-state index in [1.807, 2.05) is 35.7 Å². The largest absolute Gasteiger partial charge is 0.467 e. The minimum Gasteiger partial charge on any atom is -0.467 e. The summed E-state index contributed by atoms with van der Waals surface area (Å²) in [6.45, 7) is 0.910. The van der Waals surface area contributed by atoms with Gasteiger partial charge in [0.05, 0.1) is 18.5 Å². The van der Waals surface area contributed by atoms with Crippen molar-refractivity contribution in [3.05, 3.63) is 47.7 Å². The van der Waals surface area contributed by atoms with Gasteiger partial charge < -0.3 is 19.2 Å². The van der Waals surface area contributed by atoms with Gasteiger partial charge in [-0.25, -0.2) is 4.98 Å². The van der Waals surface area contributed by atoms with Gasteiger partial charge in [0.15, 0.2) is 16.6 Å². The number of furan rings is 1. The van der Waals surface area contributed by atoms with E-state index in [2.05, 4.69) is 10.3 Å². The lowest BCUT2D eigenvalue weighted by molar-refractivity contribution is 0.174. The van der Waals surface area contributed by atoms with E-state index in [4.69, 9.17) is 13.9 Å². The average Bonchev–Trinajstić information content (AvgIpc) is 3.25. The quantitative estimate of drug-likeness (QED) is 0.795. The Morgan fingerprint density at radius 1 is 1.19 bits per heavy atom. The molecule has 1 aliphatic rings. The smallest absolute Gasteiger partial charge is 0.231 e. The molecule has 106 valence electrons. The summed E-state index contributed by atoms with van der Waals surface area (Å²) in [5.74, 6) is 2.44. The number of ether oxygens (including phenoxy) is 2. The maximum absolute atomic E-state index is 5.39. The Kier molecular flexibility index (Phi) is 3.01. The molecule has 2 aromatic heterocycles. The minimum absolute atomic E-state index is 0.284. The number of thiazole rings is 1. The summed E-state index contributed by atoms with van der Waals surface area (Å²) in [5.41, 5.74) is 1.93. The average molecular weight is 300 g/mol. The van der Waals surface area contributed by atoms with E-state index < -0.39 is 0 Å². The first-order valence-corrected chi connectivity index (χ1v) is 7.38. The lowest BCUT2D eigenvalue weighted by Gasteiger charge is -2.00. The SMILES string of the molecule is c1coc(CNc2nc(-c3ccc4c(c3)OCO4)cs2)c1. The number of hydrogen-bond acceptors (Lipinski definition) is 6. The van der Waals surface area contributed by atoms with Crippen LogP contribution in [0.5, 0.6) is 11.5 Å². The van der Waals surface area contributed by atoms with E-state index in [9.17, 15) is 0 Å². The lowest BCUT2D eigenvalue weighted by atomic mass is 10.1. The normalized spacial score (nSPS) is 12.6. The predicted octanol–water partition coefficient (Wildman–Crippen LogP) is 3.74. The first-order chi connectivity index (χ1) is 10.4. The van der Waals surface area contributed by atoms with Crippen molar-refractivity contribution in [3.8, 4) is 22.8 Å². The molecular weight excluding hydrogens is 288 g/mol. The van der Waals surface area contributed by atoms with Crippen LogP contribution in [0.15, 0.2) is 46.4 Å². The fourth-order valence-corrected chi connectivity index (χ4v) is 2.84. The van der Waals surface area contributed by atoms with Crippen LogP contribution in [0.3, 0.4) is 0 Å². The Balaban J connectivity index is 1.51. The summed E-state index contributed by atoms with van der Waals surface area (Å²) in [7, 11) is 0. The summed E-state index contributed by atoms with van der Waals surface area (Å²) in [4.78, 5) is 4.57. The van der Waals surface area contributed by atoms with Crippen molar-refractivity contribution >= 4 is 16.5 Å².